The number of hydrogen-bond acceptors (Lipinski definition) is 6. The third kappa shape index (κ3) is 5.50. The van der Waals surface area contributed by atoms with E-state index in [9.17, 15) is 13.2 Å². The number of halogens is 2. The monoisotopic (exact) mass is 537 g/mol. The lowest BCUT2D eigenvalue weighted by molar-refractivity contribution is 0.471. The first-order chi connectivity index (χ1) is 16.2. The number of nitrogens with two attached hydrogens (primary N) is 1. The molecule has 0 aliphatic carbocycles. The van der Waals surface area contributed by atoms with E-state index >= 15 is 0 Å². The van der Waals surface area contributed by atoms with Crippen molar-refractivity contribution in [1.29, 1.82) is 0 Å². The Labute approximate surface area is 216 Å². The Kier molecular flexibility index (Phi) is 7.89. The van der Waals surface area contributed by atoms with Gasteiger partial charge in [-0.15, -0.1) is 0 Å². The summed E-state index contributed by atoms with van der Waals surface area (Å²) >= 11 is 12.3. The van der Waals surface area contributed by atoms with Crippen LogP contribution in [0.3, 0.4) is 0 Å². The molecule has 10 heteroatoms. The smallest absolute Gasteiger partial charge is 0.341 e. The number of hydrogen-bond donors (Lipinski definition) is 1. The third-order valence-electron chi connectivity index (χ3n) is 5.62. The zero-order chi connectivity index (χ0) is 26.2. The van der Waals surface area contributed by atoms with Crippen LogP contribution in [-0.2, 0) is 10.1 Å². The minimum Gasteiger partial charge on any atom is -0.369 e. The molecule has 2 N–H and O–H groups in total. The molecular formula is C25H29Cl2N3O4S. The highest BCUT2D eigenvalue weighted by atomic mass is 35.5. The molecule has 1 aromatic heterocycles. The molecule has 0 saturated carbocycles. The van der Waals surface area contributed by atoms with Crippen molar-refractivity contribution >= 4 is 39.3 Å². The van der Waals surface area contributed by atoms with Crippen LogP contribution in [0.25, 0.3) is 5.69 Å². The maximum Gasteiger partial charge on any atom is 0.341 e. The molecule has 35 heavy (non-hydrogen) atoms. The van der Waals surface area contributed by atoms with Gasteiger partial charge in [-0.3, -0.25) is 4.79 Å². The fourth-order valence-corrected chi connectivity index (χ4v) is 5.70. The minimum atomic E-state index is -4.35. The maximum absolute atomic E-state index is 13.6. The molecule has 3 aromatic rings. The molecule has 188 valence electrons. The first-order valence-corrected chi connectivity index (χ1v) is 13.4. The molecule has 0 saturated heterocycles. The molecule has 3 rings (SSSR count). The van der Waals surface area contributed by atoms with E-state index in [0.29, 0.717) is 11.1 Å². The van der Waals surface area contributed by atoms with Gasteiger partial charge >= 0.3 is 10.1 Å². The van der Waals surface area contributed by atoms with Crippen molar-refractivity contribution in [3.8, 4) is 11.6 Å². The van der Waals surface area contributed by atoms with Crippen molar-refractivity contribution in [2.24, 2.45) is 0 Å². The average Bonchev–Trinajstić information content (AvgIpc) is 2.74. The molecule has 1 heterocycles. The molecule has 2 aromatic carbocycles. The Bertz CT molecular complexity index is 1400. The first kappa shape index (κ1) is 27.0. The van der Waals surface area contributed by atoms with Crippen molar-refractivity contribution in [1.82, 2.24) is 9.55 Å². The summed E-state index contributed by atoms with van der Waals surface area (Å²) in [6, 6.07) is 9.47. The normalized spacial score (nSPS) is 12.1. The largest absolute Gasteiger partial charge is 0.369 e. The third-order valence-corrected chi connectivity index (χ3v) is 7.79. The fraction of sp³-hybridized carbons (Fsp3) is 0.360. The maximum atomic E-state index is 13.6. The van der Waals surface area contributed by atoms with Crippen LogP contribution in [0.4, 0.5) is 5.95 Å². The number of rotatable bonds is 7. The second-order valence-electron chi connectivity index (χ2n) is 9.23. The van der Waals surface area contributed by atoms with Crippen LogP contribution in [0.2, 0.25) is 10.0 Å². The van der Waals surface area contributed by atoms with Gasteiger partial charge in [0.2, 0.25) is 11.8 Å². The number of benzene rings is 2. The lowest BCUT2D eigenvalue weighted by Gasteiger charge is -2.22. The highest BCUT2D eigenvalue weighted by Crippen LogP contribution is 2.36. The second kappa shape index (κ2) is 10.2. The van der Waals surface area contributed by atoms with E-state index in [4.69, 9.17) is 33.1 Å². The molecule has 0 aliphatic rings. The first-order valence-electron chi connectivity index (χ1n) is 11.2. The van der Waals surface area contributed by atoms with Crippen molar-refractivity contribution in [3.63, 3.8) is 0 Å². The van der Waals surface area contributed by atoms with Gasteiger partial charge in [0.05, 0.1) is 21.8 Å². The predicted molar refractivity (Wildman–Crippen MR) is 141 cm³/mol. The summed E-state index contributed by atoms with van der Waals surface area (Å²) in [7, 11) is -4.35. The van der Waals surface area contributed by atoms with Crippen molar-refractivity contribution in [2.45, 2.75) is 64.2 Å². The summed E-state index contributed by atoms with van der Waals surface area (Å²) in [4.78, 5) is 17.0. The quantitative estimate of drug-likeness (QED) is 0.356. The number of nitrogens with zero attached hydrogens (tertiary/aromatic N) is 2. The zero-order valence-corrected chi connectivity index (χ0v) is 22.8. The SMILES string of the molecule is CC(C)c1cc(C(C)C)c(S(=O)(=O)Oc2cc(=O)n(-c3cccc(Cl)c3Cl)c(N)n2)c(C(C)C)c1. The fourth-order valence-electron chi connectivity index (χ4n) is 3.76. The highest BCUT2D eigenvalue weighted by molar-refractivity contribution is 7.87. The van der Waals surface area contributed by atoms with Gasteiger partial charge in [0, 0.05) is 0 Å². The van der Waals surface area contributed by atoms with Crippen LogP contribution >= 0.6 is 23.2 Å². The van der Waals surface area contributed by atoms with E-state index in [1.54, 1.807) is 18.2 Å². The molecule has 0 aliphatic heterocycles. The van der Waals surface area contributed by atoms with Gasteiger partial charge in [0.15, 0.2) is 0 Å². The van der Waals surface area contributed by atoms with Gasteiger partial charge in [-0.05, 0) is 46.6 Å². The van der Waals surface area contributed by atoms with Gasteiger partial charge < -0.3 is 9.92 Å². The Hall–Kier alpha value is -2.55. The van der Waals surface area contributed by atoms with Gasteiger partial charge in [-0.25, -0.2) is 4.57 Å². The van der Waals surface area contributed by atoms with E-state index in [2.05, 4.69) is 18.8 Å². The predicted octanol–water partition coefficient (Wildman–Crippen LogP) is 6.26. The number of aromatic nitrogens is 2. The molecule has 0 unspecified atom stereocenters. The topological polar surface area (TPSA) is 104 Å². The Morgan fingerprint density at radius 2 is 1.51 bits per heavy atom. The summed E-state index contributed by atoms with van der Waals surface area (Å²) in [5.74, 6) is -0.685. The van der Waals surface area contributed by atoms with Gasteiger partial charge in [-0.1, -0.05) is 82.9 Å². The zero-order valence-electron chi connectivity index (χ0n) is 20.5. The summed E-state index contributed by atoms with van der Waals surface area (Å²) in [6.07, 6.45) is 0. The summed E-state index contributed by atoms with van der Waals surface area (Å²) in [5, 5.41) is 0.338. The number of nitrogen functional groups attached to an aromatic ring is 1. The molecule has 0 atom stereocenters. The summed E-state index contributed by atoms with van der Waals surface area (Å²) in [5.41, 5.74) is 7.90. The van der Waals surface area contributed by atoms with Gasteiger partial charge in [0.1, 0.15) is 4.90 Å². The van der Waals surface area contributed by atoms with Crippen molar-refractivity contribution in [2.75, 3.05) is 5.73 Å². The Morgan fingerprint density at radius 1 is 0.943 bits per heavy atom. The summed E-state index contributed by atoms with van der Waals surface area (Å²) < 4.78 is 33.5. The second-order valence-corrected chi connectivity index (χ2v) is 11.5. The van der Waals surface area contributed by atoms with E-state index in [-0.39, 0.29) is 44.3 Å². The standard InChI is InChI=1S/C25H29Cl2N3O4S/c1-13(2)16-10-17(14(3)4)24(18(11-16)15(5)6)35(32,33)34-21-12-22(31)30(25(28)29-21)20-9-7-8-19(26)23(20)27/h7-15H,1-6H3,(H2,28,29). The van der Waals surface area contributed by atoms with Crippen LogP contribution in [-0.4, -0.2) is 18.0 Å². The van der Waals surface area contributed by atoms with Crippen molar-refractivity contribution in [3.05, 3.63) is 73.5 Å². The number of anilines is 1. The van der Waals surface area contributed by atoms with Crippen LogP contribution in [0.5, 0.6) is 5.88 Å². The summed E-state index contributed by atoms with van der Waals surface area (Å²) in [6.45, 7) is 11.8. The molecule has 0 amide bonds. The molecular weight excluding hydrogens is 509 g/mol. The molecule has 0 bridgehead atoms. The van der Waals surface area contributed by atoms with E-state index < -0.39 is 21.6 Å². The van der Waals surface area contributed by atoms with Crippen LogP contribution in [0, 0.1) is 0 Å². The Balaban J connectivity index is 2.15. The highest BCUT2D eigenvalue weighted by Gasteiger charge is 2.29. The van der Waals surface area contributed by atoms with E-state index in [0.717, 1.165) is 16.2 Å². The molecule has 0 fully saturated rings. The van der Waals surface area contributed by atoms with Crippen LogP contribution in [0.1, 0.15) is 76.0 Å². The lowest BCUT2D eigenvalue weighted by Crippen LogP contribution is -2.24. The molecule has 0 spiro atoms. The van der Waals surface area contributed by atoms with E-state index in [1.165, 1.54) is 0 Å². The van der Waals surface area contributed by atoms with E-state index in [1.807, 2.05) is 39.8 Å². The van der Waals surface area contributed by atoms with Gasteiger partial charge in [-0.2, -0.15) is 13.4 Å². The van der Waals surface area contributed by atoms with Crippen LogP contribution < -0.4 is 15.5 Å². The Morgan fingerprint density at radius 3 is 2.00 bits per heavy atom. The average molecular weight is 538 g/mol. The molecule has 0 radical (unpaired) electrons. The minimum absolute atomic E-state index is 0.0874. The lowest BCUT2D eigenvalue weighted by atomic mass is 9.89. The molecule has 7 nitrogen and oxygen atoms in total. The van der Waals surface area contributed by atoms with Crippen LogP contribution in [0.15, 0.2) is 46.1 Å². The van der Waals surface area contributed by atoms with Crippen molar-refractivity contribution < 1.29 is 12.6 Å². The van der Waals surface area contributed by atoms with Gasteiger partial charge in [0.25, 0.3) is 5.56 Å².